The fraction of sp³-hybridized carbons (Fsp3) is 0.368. The van der Waals surface area contributed by atoms with Gasteiger partial charge in [-0.15, -0.1) is 5.10 Å². The van der Waals surface area contributed by atoms with Gasteiger partial charge in [0.15, 0.2) is 5.65 Å². The van der Waals surface area contributed by atoms with Crippen LogP contribution in [-0.4, -0.2) is 20.6 Å². The zero-order chi connectivity index (χ0) is 19.9. The van der Waals surface area contributed by atoms with Crippen LogP contribution in [0.5, 0.6) is 0 Å². The number of anilines is 3. The van der Waals surface area contributed by atoms with E-state index in [0.29, 0.717) is 22.9 Å². The Kier molecular flexibility index (Phi) is 4.62. The first kappa shape index (κ1) is 18.5. The summed E-state index contributed by atoms with van der Waals surface area (Å²) in [4.78, 5) is 4.72. The summed E-state index contributed by atoms with van der Waals surface area (Å²) in [5.41, 5.74) is 13.8. The van der Waals surface area contributed by atoms with Gasteiger partial charge in [0.1, 0.15) is 5.82 Å². The van der Waals surface area contributed by atoms with E-state index in [1.165, 1.54) is 12.1 Å². The van der Waals surface area contributed by atoms with E-state index in [-0.39, 0.29) is 11.9 Å². The van der Waals surface area contributed by atoms with Crippen LogP contribution in [0.2, 0.25) is 0 Å². The van der Waals surface area contributed by atoms with Crippen molar-refractivity contribution in [1.82, 2.24) is 14.6 Å². The Labute approximate surface area is 159 Å². The van der Waals surface area contributed by atoms with Crippen molar-refractivity contribution in [1.29, 1.82) is 0 Å². The van der Waals surface area contributed by atoms with E-state index < -0.39 is 11.7 Å². The van der Waals surface area contributed by atoms with Crippen molar-refractivity contribution in [3.05, 3.63) is 47.8 Å². The van der Waals surface area contributed by atoms with Gasteiger partial charge in [0, 0.05) is 23.7 Å². The molecule has 148 valence electrons. The Morgan fingerprint density at radius 1 is 1.07 bits per heavy atom. The molecular formula is C19H21F3N6. The molecule has 1 saturated carbocycles. The van der Waals surface area contributed by atoms with E-state index in [0.717, 1.165) is 43.5 Å². The number of hydrogen-bond donors (Lipinski definition) is 3. The number of fused-ring (bicyclic) bond motifs is 1. The fourth-order valence-corrected chi connectivity index (χ4v) is 3.62. The SMILES string of the molecule is Nc1cc(Nc2ccc(C(F)(F)F)cc2)c2nc(C3CCC(N)CC3)cn2n1. The lowest BCUT2D eigenvalue weighted by Gasteiger charge is -2.24. The first-order valence-corrected chi connectivity index (χ1v) is 9.15. The first-order valence-electron chi connectivity index (χ1n) is 9.15. The molecule has 1 aliphatic rings. The maximum Gasteiger partial charge on any atom is 0.416 e. The minimum atomic E-state index is -4.37. The zero-order valence-corrected chi connectivity index (χ0v) is 15.1. The van der Waals surface area contributed by atoms with Gasteiger partial charge in [0.25, 0.3) is 0 Å². The number of imidazole rings is 1. The van der Waals surface area contributed by atoms with Crippen LogP contribution in [0.15, 0.2) is 36.5 Å². The Morgan fingerprint density at radius 2 is 1.75 bits per heavy atom. The van der Waals surface area contributed by atoms with Crippen molar-refractivity contribution in [2.75, 3.05) is 11.1 Å². The Morgan fingerprint density at radius 3 is 2.39 bits per heavy atom. The summed E-state index contributed by atoms with van der Waals surface area (Å²) in [5, 5.41) is 7.37. The normalized spacial score (nSPS) is 20.4. The number of nitrogens with two attached hydrogens (primary N) is 2. The van der Waals surface area contributed by atoms with Crippen LogP contribution in [0.3, 0.4) is 0 Å². The molecular weight excluding hydrogens is 369 g/mol. The summed E-state index contributed by atoms with van der Waals surface area (Å²) in [5.74, 6) is 0.609. The minimum Gasteiger partial charge on any atom is -0.382 e. The second kappa shape index (κ2) is 6.97. The molecule has 0 bridgehead atoms. The Balaban J connectivity index is 1.63. The molecule has 2 heterocycles. The standard InChI is InChI=1S/C19H21F3N6/c20-19(21,22)12-3-7-14(8-4-12)25-15-9-17(24)27-28-10-16(26-18(15)28)11-1-5-13(23)6-2-11/h3-4,7-11,13,25H,1-2,5-6,23H2,(H2,24,27). The minimum absolute atomic E-state index is 0.249. The Hall–Kier alpha value is -2.81. The van der Waals surface area contributed by atoms with Crippen molar-refractivity contribution in [3.63, 3.8) is 0 Å². The third kappa shape index (κ3) is 3.75. The molecule has 2 aromatic heterocycles. The average Bonchev–Trinajstić information content (AvgIpc) is 3.06. The summed E-state index contributed by atoms with van der Waals surface area (Å²) in [6.45, 7) is 0. The highest BCUT2D eigenvalue weighted by Gasteiger charge is 2.30. The maximum atomic E-state index is 12.7. The number of nitrogens with zero attached hydrogens (tertiary/aromatic N) is 3. The number of nitrogen functional groups attached to an aromatic ring is 1. The third-order valence-corrected chi connectivity index (χ3v) is 5.14. The van der Waals surface area contributed by atoms with Crippen LogP contribution in [0.25, 0.3) is 5.65 Å². The highest BCUT2D eigenvalue weighted by molar-refractivity contribution is 5.75. The number of nitrogens with one attached hydrogen (secondary N) is 1. The number of aromatic nitrogens is 3. The number of hydrogen-bond acceptors (Lipinski definition) is 5. The predicted octanol–water partition coefficient (Wildman–Crippen LogP) is 4.06. The number of halogens is 3. The second-order valence-electron chi connectivity index (χ2n) is 7.23. The van der Waals surface area contributed by atoms with Crippen molar-refractivity contribution in [2.45, 2.75) is 43.8 Å². The van der Waals surface area contributed by atoms with Crippen molar-refractivity contribution in [2.24, 2.45) is 5.73 Å². The summed E-state index contributed by atoms with van der Waals surface area (Å²) in [6, 6.07) is 6.70. The van der Waals surface area contributed by atoms with Crippen LogP contribution in [-0.2, 0) is 6.18 Å². The molecule has 6 nitrogen and oxygen atoms in total. The summed E-state index contributed by atoms with van der Waals surface area (Å²) in [7, 11) is 0. The van der Waals surface area contributed by atoms with Crippen molar-refractivity contribution < 1.29 is 13.2 Å². The molecule has 0 saturated heterocycles. The largest absolute Gasteiger partial charge is 0.416 e. The lowest BCUT2D eigenvalue weighted by Crippen LogP contribution is -2.25. The van der Waals surface area contributed by atoms with Gasteiger partial charge in [-0.05, 0) is 49.9 Å². The van der Waals surface area contributed by atoms with Crippen LogP contribution in [0.4, 0.5) is 30.4 Å². The molecule has 0 aliphatic heterocycles. The van der Waals surface area contributed by atoms with Crippen molar-refractivity contribution >= 4 is 22.8 Å². The van der Waals surface area contributed by atoms with Gasteiger partial charge in [-0.2, -0.15) is 13.2 Å². The molecule has 5 N–H and O–H groups in total. The fourth-order valence-electron chi connectivity index (χ4n) is 3.62. The zero-order valence-electron chi connectivity index (χ0n) is 15.1. The van der Waals surface area contributed by atoms with E-state index in [1.54, 1.807) is 10.6 Å². The highest BCUT2D eigenvalue weighted by atomic mass is 19.4. The molecule has 0 atom stereocenters. The molecule has 1 aliphatic carbocycles. The molecule has 4 rings (SSSR count). The summed E-state index contributed by atoms with van der Waals surface area (Å²) in [6.07, 6.45) is 1.37. The topological polar surface area (TPSA) is 94.3 Å². The van der Waals surface area contributed by atoms with Gasteiger partial charge < -0.3 is 16.8 Å². The van der Waals surface area contributed by atoms with Gasteiger partial charge in [-0.3, -0.25) is 0 Å². The molecule has 9 heteroatoms. The third-order valence-electron chi connectivity index (χ3n) is 5.14. The van der Waals surface area contributed by atoms with Gasteiger partial charge >= 0.3 is 6.18 Å². The van der Waals surface area contributed by atoms with Gasteiger partial charge in [-0.1, -0.05) is 0 Å². The van der Waals surface area contributed by atoms with Gasteiger partial charge in [0.2, 0.25) is 0 Å². The van der Waals surface area contributed by atoms with Crippen LogP contribution >= 0.6 is 0 Å². The van der Waals surface area contributed by atoms with E-state index >= 15 is 0 Å². The van der Waals surface area contributed by atoms with E-state index in [1.807, 2.05) is 6.20 Å². The lowest BCUT2D eigenvalue weighted by atomic mass is 9.85. The summed E-state index contributed by atoms with van der Waals surface area (Å²) < 4.78 is 39.9. The predicted molar refractivity (Wildman–Crippen MR) is 101 cm³/mol. The quantitative estimate of drug-likeness (QED) is 0.627. The van der Waals surface area contributed by atoms with Gasteiger partial charge in [-0.25, -0.2) is 9.50 Å². The van der Waals surface area contributed by atoms with Crippen LogP contribution in [0.1, 0.15) is 42.9 Å². The lowest BCUT2D eigenvalue weighted by molar-refractivity contribution is -0.137. The first-order chi connectivity index (χ1) is 13.3. The number of alkyl halides is 3. The van der Waals surface area contributed by atoms with Crippen LogP contribution in [0, 0.1) is 0 Å². The van der Waals surface area contributed by atoms with E-state index in [2.05, 4.69) is 10.4 Å². The Bertz CT molecular complexity index is 972. The number of rotatable bonds is 3. The average molecular weight is 390 g/mol. The highest BCUT2D eigenvalue weighted by Crippen LogP contribution is 2.34. The van der Waals surface area contributed by atoms with E-state index in [4.69, 9.17) is 16.5 Å². The summed E-state index contributed by atoms with van der Waals surface area (Å²) >= 11 is 0. The second-order valence-corrected chi connectivity index (χ2v) is 7.23. The maximum absolute atomic E-state index is 12.7. The van der Waals surface area contributed by atoms with Gasteiger partial charge in [0.05, 0.1) is 23.1 Å². The monoisotopic (exact) mass is 390 g/mol. The number of benzene rings is 1. The molecule has 0 unspecified atom stereocenters. The van der Waals surface area contributed by atoms with Crippen molar-refractivity contribution in [3.8, 4) is 0 Å². The molecule has 0 radical (unpaired) electrons. The molecule has 3 aromatic rings. The molecule has 1 fully saturated rings. The molecule has 0 amide bonds. The smallest absolute Gasteiger partial charge is 0.382 e. The molecule has 1 aromatic carbocycles. The van der Waals surface area contributed by atoms with Crippen LogP contribution < -0.4 is 16.8 Å². The van der Waals surface area contributed by atoms with E-state index in [9.17, 15) is 13.2 Å². The molecule has 0 spiro atoms. The molecule has 28 heavy (non-hydrogen) atoms.